The van der Waals surface area contributed by atoms with E-state index in [1.165, 1.54) is 0 Å². The summed E-state index contributed by atoms with van der Waals surface area (Å²) in [6.45, 7) is 8.93. The van der Waals surface area contributed by atoms with E-state index in [9.17, 15) is 0 Å². The Hall–Kier alpha value is -1.66. The second kappa shape index (κ2) is 4.96. The van der Waals surface area contributed by atoms with Crippen molar-refractivity contribution in [2.75, 3.05) is 0 Å². The predicted molar refractivity (Wildman–Crippen MR) is 76.5 cm³/mol. The zero-order valence-electron chi connectivity index (χ0n) is 12.8. The van der Waals surface area contributed by atoms with Gasteiger partial charge in [-0.05, 0) is 46.2 Å². The number of hydrogen-bond donors (Lipinski definition) is 1. The molecule has 0 aliphatic carbocycles. The van der Waals surface area contributed by atoms with Gasteiger partial charge in [0, 0.05) is 6.04 Å². The van der Waals surface area contributed by atoms with Crippen molar-refractivity contribution in [2.24, 2.45) is 0 Å². The Morgan fingerprint density at radius 2 is 2.14 bits per heavy atom. The van der Waals surface area contributed by atoms with Gasteiger partial charge >= 0.3 is 0 Å². The van der Waals surface area contributed by atoms with Crippen LogP contribution in [0.15, 0.2) is 27.3 Å². The number of nitrogens with one attached hydrogen (secondary N) is 1. The van der Waals surface area contributed by atoms with Gasteiger partial charge in [-0.15, -0.1) is 0 Å². The zero-order chi connectivity index (χ0) is 15.1. The predicted octanol–water partition coefficient (Wildman–Crippen LogP) is 2.77. The first kappa shape index (κ1) is 14.3. The Kier molecular flexibility index (Phi) is 3.37. The lowest BCUT2D eigenvalue weighted by Gasteiger charge is -2.27. The van der Waals surface area contributed by atoms with Crippen LogP contribution in [0.25, 0.3) is 11.6 Å². The van der Waals surface area contributed by atoms with Crippen LogP contribution >= 0.6 is 0 Å². The van der Waals surface area contributed by atoms with Gasteiger partial charge in [0.25, 0.3) is 0 Å². The van der Waals surface area contributed by atoms with Gasteiger partial charge in [-0.1, -0.05) is 5.16 Å². The number of aromatic nitrogens is 2. The van der Waals surface area contributed by atoms with Gasteiger partial charge in [0.15, 0.2) is 5.76 Å². The van der Waals surface area contributed by atoms with Crippen molar-refractivity contribution < 1.29 is 13.7 Å². The Labute approximate surface area is 123 Å². The maximum atomic E-state index is 6.06. The van der Waals surface area contributed by atoms with Crippen molar-refractivity contribution in [1.82, 2.24) is 15.5 Å². The summed E-state index contributed by atoms with van der Waals surface area (Å²) in [6.07, 6.45) is 2.53. The van der Waals surface area contributed by atoms with Gasteiger partial charge in [0.2, 0.25) is 11.7 Å². The minimum atomic E-state index is -0.215. The molecule has 0 spiro atoms. The van der Waals surface area contributed by atoms with Crippen LogP contribution in [0, 0.1) is 0 Å². The maximum absolute atomic E-state index is 6.06. The molecule has 3 heterocycles. The fraction of sp³-hybridized carbons (Fsp3) is 0.600. The molecule has 21 heavy (non-hydrogen) atoms. The number of nitrogens with zero attached hydrogens (tertiary/aromatic N) is 2. The molecule has 1 saturated heterocycles. The second-order valence-corrected chi connectivity index (χ2v) is 6.59. The Morgan fingerprint density at radius 1 is 1.33 bits per heavy atom. The summed E-state index contributed by atoms with van der Waals surface area (Å²) in [4.78, 5) is 4.32. The van der Waals surface area contributed by atoms with Crippen LogP contribution in [-0.2, 0) is 11.3 Å². The quantitative estimate of drug-likeness (QED) is 0.933. The first-order valence-corrected chi connectivity index (χ1v) is 7.16. The van der Waals surface area contributed by atoms with Crippen molar-refractivity contribution >= 4 is 0 Å². The molecule has 114 valence electrons. The summed E-state index contributed by atoms with van der Waals surface area (Å²) in [5.74, 6) is 1.62. The standard InChI is InChI=1S/C15H21N3O3/c1-14(2)8-11(15(3,4)21-14)16-9-12-17-13(18-20-12)10-6-5-7-19-10/h5-7,11,16H,8-9H2,1-4H3. The minimum Gasteiger partial charge on any atom is -0.461 e. The molecule has 6 nitrogen and oxygen atoms in total. The van der Waals surface area contributed by atoms with E-state index in [0.717, 1.165) is 6.42 Å². The van der Waals surface area contributed by atoms with E-state index in [4.69, 9.17) is 13.7 Å². The molecule has 1 atom stereocenters. The summed E-state index contributed by atoms with van der Waals surface area (Å²) in [6, 6.07) is 3.84. The normalized spacial score (nSPS) is 23.5. The van der Waals surface area contributed by atoms with Gasteiger partial charge in [-0.2, -0.15) is 4.98 Å². The lowest BCUT2D eigenvalue weighted by Crippen LogP contribution is -2.43. The Morgan fingerprint density at radius 3 is 2.76 bits per heavy atom. The van der Waals surface area contributed by atoms with Crippen molar-refractivity contribution in [3.05, 3.63) is 24.3 Å². The van der Waals surface area contributed by atoms with Crippen molar-refractivity contribution in [3.8, 4) is 11.6 Å². The van der Waals surface area contributed by atoms with E-state index >= 15 is 0 Å². The van der Waals surface area contributed by atoms with Gasteiger partial charge in [-0.25, -0.2) is 0 Å². The summed E-state index contributed by atoms with van der Waals surface area (Å²) in [5.41, 5.74) is -0.331. The van der Waals surface area contributed by atoms with Crippen LogP contribution in [0.3, 0.4) is 0 Å². The summed E-state index contributed by atoms with van der Waals surface area (Å²) in [7, 11) is 0. The molecule has 1 fully saturated rings. The third-order valence-electron chi connectivity index (χ3n) is 3.78. The average Bonchev–Trinajstić information content (AvgIpc) is 3.05. The lowest BCUT2D eigenvalue weighted by atomic mass is 9.94. The van der Waals surface area contributed by atoms with Crippen LogP contribution in [0.2, 0.25) is 0 Å². The molecule has 0 bridgehead atoms. The first-order chi connectivity index (χ1) is 9.86. The number of furan rings is 1. The molecule has 2 aromatic rings. The lowest BCUT2D eigenvalue weighted by molar-refractivity contribution is -0.0700. The number of rotatable bonds is 4. The topological polar surface area (TPSA) is 73.3 Å². The summed E-state index contributed by atoms with van der Waals surface area (Å²) in [5, 5.41) is 7.37. The highest BCUT2D eigenvalue weighted by molar-refractivity contribution is 5.44. The minimum absolute atomic E-state index is 0.116. The molecule has 2 aromatic heterocycles. The third kappa shape index (κ3) is 3.01. The smallest absolute Gasteiger partial charge is 0.241 e. The molecular weight excluding hydrogens is 270 g/mol. The van der Waals surface area contributed by atoms with Crippen molar-refractivity contribution in [3.63, 3.8) is 0 Å². The molecule has 0 amide bonds. The SMILES string of the molecule is CC1(C)CC(NCc2nc(-c3ccco3)no2)C(C)(C)O1. The van der Waals surface area contributed by atoms with Gasteiger partial charge in [0.05, 0.1) is 24.0 Å². The van der Waals surface area contributed by atoms with Crippen LogP contribution in [0.5, 0.6) is 0 Å². The highest BCUT2D eigenvalue weighted by atomic mass is 16.5. The molecule has 0 aromatic carbocycles. The maximum Gasteiger partial charge on any atom is 0.241 e. The van der Waals surface area contributed by atoms with E-state index in [-0.39, 0.29) is 17.2 Å². The second-order valence-electron chi connectivity index (χ2n) is 6.59. The molecule has 6 heteroatoms. The molecular formula is C15H21N3O3. The highest BCUT2D eigenvalue weighted by Gasteiger charge is 2.45. The monoisotopic (exact) mass is 291 g/mol. The Bertz CT molecular complexity index is 601. The van der Waals surface area contributed by atoms with Crippen molar-refractivity contribution in [1.29, 1.82) is 0 Å². The molecule has 3 rings (SSSR count). The van der Waals surface area contributed by atoms with E-state index < -0.39 is 0 Å². The van der Waals surface area contributed by atoms with Crippen LogP contribution in [-0.4, -0.2) is 27.4 Å². The van der Waals surface area contributed by atoms with Crippen LogP contribution < -0.4 is 5.32 Å². The molecule has 1 unspecified atom stereocenters. The van der Waals surface area contributed by atoms with Gasteiger partial charge in [0.1, 0.15) is 0 Å². The largest absolute Gasteiger partial charge is 0.461 e. The van der Waals surface area contributed by atoms with E-state index in [2.05, 4.69) is 43.2 Å². The first-order valence-electron chi connectivity index (χ1n) is 7.16. The molecule has 1 aliphatic heterocycles. The van der Waals surface area contributed by atoms with E-state index in [1.807, 2.05) is 0 Å². The number of ether oxygens (including phenoxy) is 1. The molecule has 0 radical (unpaired) electrons. The van der Waals surface area contributed by atoms with E-state index in [0.29, 0.717) is 24.0 Å². The van der Waals surface area contributed by atoms with Crippen LogP contribution in [0.1, 0.15) is 40.0 Å². The summed E-state index contributed by atoms with van der Waals surface area (Å²) < 4.78 is 16.5. The molecule has 0 saturated carbocycles. The van der Waals surface area contributed by atoms with E-state index in [1.54, 1.807) is 18.4 Å². The molecule has 1 N–H and O–H groups in total. The molecule has 1 aliphatic rings. The summed E-state index contributed by atoms with van der Waals surface area (Å²) >= 11 is 0. The fourth-order valence-electron chi connectivity index (χ4n) is 2.92. The fourth-order valence-corrected chi connectivity index (χ4v) is 2.92. The third-order valence-corrected chi connectivity index (χ3v) is 3.78. The van der Waals surface area contributed by atoms with Crippen LogP contribution in [0.4, 0.5) is 0 Å². The average molecular weight is 291 g/mol. The van der Waals surface area contributed by atoms with Crippen molar-refractivity contribution in [2.45, 2.75) is 57.9 Å². The highest BCUT2D eigenvalue weighted by Crippen LogP contribution is 2.37. The van der Waals surface area contributed by atoms with Gasteiger partial charge < -0.3 is 19.0 Å². The Balaban J connectivity index is 1.63. The number of hydrogen-bond acceptors (Lipinski definition) is 6. The van der Waals surface area contributed by atoms with Gasteiger partial charge in [-0.3, -0.25) is 0 Å². The zero-order valence-corrected chi connectivity index (χ0v) is 12.8.